The summed E-state index contributed by atoms with van der Waals surface area (Å²) in [5.41, 5.74) is 16.1. The first-order chi connectivity index (χ1) is 25.3. The van der Waals surface area contributed by atoms with Crippen LogP contribution in [0, 0.1) is 0 Å². The van der Waals surface area contributed by atoms with Crippen LogP contribution in [0.3, 0.4) is 0 Å². The normalized spacial score (nSPS) is 14.8. The van der Waals surface area contributed by atoms with Crippen molar-refractivity contribution in [2.24, 2.45) is 0 Å². The van der Waals surface area contributed by atoms with Crippen molar-refractivity contribution in [3.63, 3.8) is 0 Å². The van der Waals surface area contributed by atoms with E-state index >= 15 is 0 Å². The van der Waals surface area contributed by atoms with E-state index in [1.165, 1.54) is 110 Å². The van der Waals surface area contributed by atoms with Crippen LogP contribution in [0.4, 0.5) is 0 Å². The van der Waals surface area contributed by atoms with Crippen molar-refractivity contribution in [2.75, 3.05) is 0 Å². The van der Waals surface area contributed by atoms with Gasteiger partial charge in [-0.25, -0.2) is 0 Å². The van der Waals surface area contributed by atoms with Crippen LogP contribution in [-0.4, -0.2) is 0 Å². The summed E-state index contributed by atoms with van der Waals surface area (Å²) >= 11 is 0. The summed E-state index contributed by atoms with van der Waals surface area (Å²) in [7, 11) is 0. The third-order valence-corrected chi connectivity index (χ3v) is 12.6. The quantitative estimate of drug-likeness (QED) is 0.173. The van der Waals surface area contributed by atoms with Gasteiger partial charge in [-0.1, -0.05) is 161 Å². The first kappa shape index (κ1) is 29.7. The van der Waals surface area contributed by atoms with Crippen molar-refractivity contribution in [1.29, 1.82) is 0 Å². The Morgan fingerprint density at radius 2 is 0.596 bits per heavy atom. The van der Waals surface area contributed by atoms with Gasteiger partial charge in [-0.05, 0) is 134 Å². The molecule has 0 heteroatoms. The lowest BCUT2D eigenvalue weighted by atomic mass is 9.78. The van der Waals surface area contributed by atoms with Crippen LogP contribution < -0.4 is 0 Å². The van der Waals surface area contributed by atoms with E-state index < -0.39 is 0 Å². The molecular weight excluding hydrogens is 625 g/mol. The van der Waals surface area contributed by atoms with Gasteiger partial charge in [0.2, 0.25) is 0 Å². The van der Waals surface area contributed by atoms with Gasteiger partial charge in [0.1, 0.15) is 0 Å². The fourth-order valence-corrected chi connectivity index (χ4v) is 10.0. The van der Waals surface area contributed by atoms with Gasteiger partial charge in [0.05, 0.1) is 0 Å². The molecule has 0 atom stereocenters. The smallest absolute Gasteiger partial charge is 0.0159 e. The van der Waals surface area contributed by atoms with E-state index in [0.717, 1.165) is 0 Å². The second kappa shape index (κ2) is 10.3. The largest absolute Gasteiger partial charge is 0.0616 e. The fraction of sp³-hybridized carbons (Fsp3) is 0.115. The Hall–Kier alpha value is -5.98. The number of hydrogen-bond acceptors (Lipinski definition) is 0. The average molecular weight is 663 g/mol. The van der Waals surface area contributed by atoms with Crippen LogP contribution in [0.2, 0.25) is 0 Å². The summed E-state index contributed by atoms with van der Waals surface area (Å²) in [6, 6.07) is 59.5. The van der Waals surface area contributed by atoms with E-state index in [0.29, 0.717) is 0 Å². The average Bonchev–Trinajstić information content (AvgIpc) is 3.54. The molecular formula is C52H38. The standard InChI is InChI=1S/C52H38/c1-51(2)45-29-44-46(30-43(45)49-39-23-11-9-21-37(39)41(27-47(49)51)35-25-13-17-31-15-5-7-19-33(31)35)52(3,4)48-28-42(38-22-10-12-24-40(38)50(44)48)36-26-14-18-32-16-6-8-20-34(32)36/h5-30H,1-4H3. The third kappa shape index (κ3) is 3.82. The molecule has 0 amide bonds. The van der Waals surface area contributed by atoms with Gasteiger partial charge in [-0.2, -0.15) is 0 Å². The first-order valence-corrected chi connectivity index (χ1v) is 18.6. The Kier molecular flexibility index (Phi) is 5.89. The highest BCUT2D eigenvalue weighted by atomic mass is 14.5. The Balaban J connectivity index is 1.18. The number of rotatable bonds is 2. The molecule has 0 aromatic heterocycles. The summed E-state index contributed by atoms with van der Waals surface area (Å²) in [5, 5.41) is 10.5. The fourth-order valence-electron chi connectivity index (χ4n) is 10.0. The van der Waals surface area contributed by atoms with Crippen LogP contribution in [-0.2, 0) is 10.8 Å². The molecule has 9 aromatic rings. The minimum Gasteiger partial charge on any atom is -0.0616 e. The summed E-state index contributed by atoms with van der Waals surface area (Å²) < 4.78 is 0. The molecule has 9 aromatic carbocycles. The first-order valence-electron chi connectivity index (χ1n) is 18.6. The van der Waals surface area contributed by atoms with Gasteiger partial charge in [-0.3, -0.25) is 0 Å². The zero-order valence-corrected chi connectivity index (χ0v) is 30.0. The molecule has 0 heterocycles. The predicted molar refractivity (Wildman–Crippen MR) is 222 cm³/mol. The molecule has 0 saturated carbocycles. The van der Waals surface area contributed by atoms with Crippen molar-refractivity contribution < 1.29 is 0 Å². The lowest BCUT2D eigenvalue weighted by Gasteiger charge is -2.25. The number of benzene rings is 9. The predicted octanol–water partition coefficient (Wildman–Crippen LogP) is 14.2. The maximum Gasteiger partial charge on any atom is 0.0159 e. The highest BCUT2D eigenvalue weighted by Crippen LogP contribution is 2.60. The van der Waals surface area contributed by atoms with Gasteiger partial charge in [-0.15, -0.1) is 0 Å². The highest BCUT2D eigenvalue weighted by Gasteiger charge is 2.43. The van der Waals surface area contributed by atoms with Crippen LogP contribution >= 0.6 is 0 Å². The molecule has 0 aliphatic heterocycles. The lowest BCUT2D eigenvalue weighted by molar-refractivity contribution is 0.652. The van der Waals surface area contributed by atoms with E-state index in [4.69, 9.17) is 0 Å². The second-order valence-electron chi connectivity index (χ2n) is 16.0. The maximum atomic E-state index is 2.58. The molecule has 11 rings (SSSR count). The number of fused-ring (bicyclic) bond motifs is 12. The summed E-state index contributed by atoms with van der Waals surface area (Å²) in [5.74, 6) is 0. The molecule has 0 saturated heterocycles. The molecule has 0 bridgehead atoms. The topological polar surface area (TPSA) is 0 Å². The van der Waals surface area contributed by atoms with Crippen molar-refractivity contribution in [3.8, 4) is 44.5 Å². The minimum absolute atomic E-state index is 0.172. The van der Waals surface area contributed by atoms with Crippen LogP contribution in [0.5, 0.6) is 0 Å². The molecule has 0 nitrogen and oxygen atoms in total. The molecule has 52 heavy (non-hydrogen) atoms. The highest BCUT2D eigenvalue weighted by molar-refractivity contribution is 6.15. The van der Waals surface area contributed by atoms with E-state index in [9.17, 15) is 0 Å². The van der Waals surface area contributed by atoms with Crippen molar-refractivity contribution in [1.82, 2.24) is 0 Å². The Bertz CT molecular complexity index is 2790. The Labute approximate surface area is 305 Å². The van der Waals surface area contributed by atoms with Crippen molar-refractivity contribution in [2.45, 2.75) is 38.5 Å². The molecule has 246 valence electrons. The zero-order chi connectivity index (χ0) is 34.9. The van der Waals surface area contributed by atoms with Gasteiger partial charge in [0, 0.05) is 10.8 Å². The second-order valence-corrected chi connectivity index (χ2v) is 16.0. The number of hydrogen-bond donors (Lipinski definition) is 0. The summed E-state index contributed by atoms with van der Waals surface area (Å²) in [4.78, 5) is 0. The van der Waals surface area contributed by atoms with Gasteiger partial charge in [0.15, 0.2) is 0 Å². The van der Waals surface area contributed by atoms with E-state index in [2.05, 4.69) is 185 Å². The van der Waals surface area contributed by atoms with E-state index in [1.807, 2.05) is 0 Å². The Morgan fingerprint density at radius 1 is 0.269 bits per heavy atom. The maximum absolute atomic E-state index is 2.58. The van der Waals surface area contributed by atoms with Crippen molar-refractivity contribution >= 4 is 43.1 Å². The van der Waals surface area contributed by atoms with Gasteiger partial charge in [0.25, 0.3) is 0 Å². The monoisotopic (exact) mass is 662 g/mol. The van der Waals surface area contributed by atoms with Crippen LogP contribution in [0.15, 0.2) is 158 Å². The molecule has 0 fully saturated rings. The molecule has 0 radical (unpaired) electrons. The van der Waals surface area contributed by atoms with Gasteiger partial charge >= 0.3 is 0 Å². The zero-order valence-electron chi connectivity index (χ0n) is 30.0. The minimum atomic E-state index is -0.172. The molecule has 0 spiro atoms. The molecule has 0 unspecified atom stereocenters. The van der Waals surface area contributed by atoms with Gasteiger partial charge < -0.3 is 0 Å². The lowest BCUT2D eigenvalue weighted by Crippen LogP contribution is -2.17. The van der Waals surface area contributed by atoms with Crippen LogP contribution in [0.1, 0.15) is 49.9 Å². The molecule has 0 N–H and O–H groups in total. The van der Waals surface area contributed by atoms with Crippen LogP contribution in [0.25, 0.3) is 87.6 Å². The Morgan fingerprint density at radius 3 is 1.02 bits per heavy atom. The molecule has 2 aliphatic rings. The molecule has 2 aliphatic carbocycles. The van der Waals surface area contributed by atoms with Crippen molar-refractivity contribution in [3.05, 3.63) is 180 Å². The van der Waals surface area contributed by atoms with E-state index in [-0.39, 0.29) is 10.8 Å². The van der Waals surface area contributed by atoms with E-state index in [1.54, 1.807) is 0 Å². The summed E-state index contributed by atoms with van der Waals surface area (Å²) in [6.07, 6.45) is 0. The summed E-state index contributed by atoms with van der Waals surface area (Å²) in [6.45, 7) is 9.76. The SMILES string of the molecule is CC1(C)c2cc3c(cc2-c2c1cc(-c1cccc4ccccc14)c1ccccc21)C(C)(C)c1cc(-c2cccc4ccccc24)c2ccccc2c1-3. The third-order valence-electron chi connectivity index (χ3n) is 12.6.